The van der Waals surface area contributed by atoms with Crippen molar-refractivity contribution < 1.29 is 24.3 Å². The van der Waals surface area contributed by atoms with Gasteiger partial charge in [0.25, 0.3) is 0 Å². The molecule has 1 atom stereocenters. The number of anilines is 1. The van der Waals surface area contributed by atoms with E-state index in [-0.39, 0.29) is 18.9 Å². The molecule has 1 aliphatic rings. The Labute approximate surface area is 203 Å². The van der Waals surface area contributed by atoms with E-state index in [1.165, 1.54) is 6.33 Å². The van der Waals surface area contributed by atoms with Gasteiger partial charge in [-0.15, -0.1) is 0 Å². The Morgan fingerprint density at radius 1 is 1.24 bits per heavy atom. The minimum absolute atomic E-state index is 0.0296. The van der Waals surface area contributed by atoms with Crippen LogP contribution in [0.4, 0.5) is 10.6 Å². The van der Waals surface area contributed by atoms with Crippen LogP contribution in [-0.2, 0) is 16.2 Å². The van der Waals surface area contributed by atoms with Crippen LogP contribution in [0, 0.1) is 0 Å². The molecule has 0 bridgehead atoms. The number of carbonyl (C=O) groups excluding carboxylic acids is 1. The number of carbonyl (C=O) groups is 1. The van der Waals surface area contributed by atoms with Crippen LogP contribution in [0.1, 0.15) is 27.7 Å². The summed E-state index contributed by atoms with van der Waals surface area (Å²) in [5.41, 5.74) is 0.938. The second-order valence-electron chi connectivity index (χ2n) is 11.1. The fourth-order valence-corrected chi connectivity index (χ4v) is 4.70. The smallest absolute Gasteiger partial charge is 0.444 e. The number of piperazine rings is 1. The van der Waals surface area contributed by atoms with Gasteiger partial charge in [-0.1, -0.05) is 19.6 Å². The van der Waals surface area contributed by atoms with Crippen molar-refractivity contribution in [1.82, 2.24) is 19.4 Å². The molecule has 3 heterocycles. The standard InChI is InChI=1S/C22H38BN5O5Si/c1-16-12-26(21(29)33-22(2,3)4)8-9-28(16)20-19-18(24-14-25-20)17(23(30)31)13-27(19)15-32-10-11-34(5,6)7/h13-14,16,30-31H,8-12,15H2,1-7H3/t16-/m0/s1. The predicted molar refractivity (Wildman–Crippen MR) is 136 cm³/mol. The molecule has 0 radical (unpaired) electrons. The highest BCUT2D eigenvalue weighted by atomic mass is 28.3. The number of nitrogens with zero attached hydrogens (tertiary/aromatic N) is 5. The summed E-state index contributed by atoms with van der Waals surface area (Å²) in [4.78, 5) is 25.3. The van der Waals surface area contributed by atoms with E-state index in [1.807, 2.05) is 32.3 Å². The highest BCUT2D eigenvalue weighted by Crippen LogP contribution is 2.27. The first kappa shape index (κ1) is 26.5. The Hall–Kier alpha value is -2.15. The van der Waals surface area contributed by atoms with Crippen molar-refractivity contribution in [1.29, 1.82) is 0 Å². The number of fused-ring (bicyclic) bond motifs is 1. The van der Waals surface area contributed by atoms with Crippen LogP contribution in [0.3, 0.4) is 0 Å². The van der Waals surface area contributed by atoms with Gasteiger partial charge in [0, 0.05) is 52.0 Å². The Bertz CT molecular complexity index is 1000. The molecule has 1 amide bonds. The number of ether oxygens (including phenoxy) is 2. The summed E-state index contributed by atoms with van der Waals surface area (Å²) in [7, 11) is -2.89. The van der Waals surface area contributed by atoms with Crippen LogP contribution >= 0.6 is 0 Å². The number of hydrogen-bond acceptors (Lipinski definition) is 8. The minimum Gasteiger partial charge on any atom is -0.444 e. The van der Waals surface area contributed by atoms with Crippen molar-refractivity contribution in [3.63, 3.8) is 0 Å². The molecule has 1 saturated heterocycles. The van der Waals surface area contributed by atoms with Crippen molar-refractivity contribution in [2.45, 2.75) is 71.8 Å². The van der Waals surface area contributed by atoms with E-state index >= 15 is 0 Å². The lowest BCUT2D eigenvalue weighted by Gasteiger charge is -2.41. The quantitative estimate of drug-likeness (QED) is 0.446. The molecular weight excluding hydrogens is 453 g/mol. The molecule has 2 N–H and O–H groups in total. The summed E-state index contributed by atoms with van der Waals surface area (Å²) in [6.07, 6.45) is 2.79. The SMILES string of the molecule is C[C@H]1CN(C(=O)OC(C)(C)C)CCN1c1ncnc2c(B(O)O)cn(COCC[Si](C)(C)C)c12. The Kier molecular flexibility index (Phi) is 7.96. The zero-order chi connectivity index (χ0) is 25.3. The molecule has 34 heavy (non-hydrogen) atoms. The zero-order valence-corrected chi connectivity index (χ0v) is 22.4. The number of hydrogen-bond donors (Lipinski definition) is 2. The van der Waals surface area contributed by atoms with Crippen molar-refractivity contribution in [3.8, 4) is 0 Å². The largest absolute Gasteiger partial charge is 0.492 e. The lowest BCUT2D eigenvalue weighted by atomic mass is 9.82. The second kappa shape index (κ2) is 10.2. The van der Waals surface area contributed by atoms with Crippen LogP contribution in [-0.4, -0.2) is 88.7 Å². The molecule has 2 aromatic heterocycles. The topological polar surface area (TPSA) is 113 Å². The van der Waals surface area contributed by atoms with Crippen molar-refractivity contribution >= 4 is 43.6 Å². The molecule has 0 aromatic carbocycles. The molecule has 1 aliphatic heterocycles. The summed E-state index contributed by atoms with van der Waals surface area (Å²) in [5, 5.41) is 19.9. The molecule has 0 aliphatic carbocycles. The van der Waals surface area contributed by atoms with Crippen molar-refractivity contribution in [2.24, 2.45) is 0 Å². The highest BCUT2D eigenvalue weighted by molar-refractivity contribution is 6.76. The maximum Gasteiger partial charge on any atom is 0.492 e. The fourth-order valence-electron chi connectivity index (χ4n) is 3.95. The van der Waals surface area contributed by atoms with Gasteiger partial charge in [0.05, 0.1) is 5.52 Å². The van der Waals surface area contributed by atoms with Crippen LogP contribution in [0.15, 0.2) is 12.5 Å². The first-order chi connectivity index (χ1) is 15.8. The predicted octanol–water partition coefficient (Wildman–Crippen LogP) is 1.87. The highest BCUT2D eigenvalue weighted by Gasteiger charge is 2.33. The zero-order valence-electron chi connectivity index (χ0n) is 21.4. The summed E-state index contributed by atoms with van der Waals surface area (Å²) in [5.74, 6) is 0.682. The van der Waals surface area contributed by atoms with Gasteiger partial charge < -0.3 is 33.9 Å². The average molecular weight is 491 g/mol. The normalized spacial score (nSPS) is 17.4. The average Bonchev–Trinajstić information content (AvgIpc) is 3.08. The minimum atomic E-state index is -1.66. The summed E-state index contributed by atoms with van der Waals surface area (Å²) < 4.78 is 13.3. The summed E-state index contributed by atoms with van der Waals surface area (Å²) >= 11 is 0. The Morgan fingerprint density at radius 3 is 2.53 bits per heavy atom. The Balaban J connectivity index is 1.85. The maximum atomic E-state index is 12.6. The second-order valence-corrected chi connectivity index (χ2v) is 16.8. The number of amides is 1. The molecule has 1 fully saturated rings. The monoisotopic (exact) mass is 491 g/mol. The van der Waals surface area contributed by atoms with Crippen LogP contribution < -0.4 is 10.4 Å². The first-order valence-corrected chi connectivity index (χ1v) is 15.5. The molecule has 0 unspecified atom stereocenters. The molecular formula is C22H38BN5O5Si. The van der Waals surface area contributed by atoms with E-state index in [9.17, 15) is 14.8 Å². The molecule has 2 aromatic rings. The van der Waals surface area contributed by atoms with E-state index in [1.54, 1.807) is 11.1 Å². The van der Waals surface area contributed by atoms with Gasteiger partial charge >= 0.3 is 13.2 Å². The molecule has 0 spiro atoms. The van der Waals surface area contributed by atoms with E-state index < -0.39 is 20.8 Å². The van der Waals surface area contributed by atoms with Gasteiger partial charge in [-0.2, -0.15) is 0 Å². The molecule has 10 nitrogen and oxygen atoms in total. The van der Waals surface area contributed by atoms with Crippen molar-refractivity contribution in [3.05, 3.63) is 12.5 Å². The third kappa shape index (κ3) is 6.50. The lowest BCUT2D eigenvalue weighted by molar-refractivity contribution is 0.0218. The van der Waals surface area contributed by atoms with E-state index in [0.717, 1.165) is 6.04 Å². The summed E-state index contributed by atoms with van der Waals surface area (Å²) in [6, 6.07) is 1.01. The van der Waals surface area contributed by atoms with Crippen LogP contribution in [0.5, 0.6) is 0 Å². The lowest BCUT2D eigenvalue weighted by Crippen LogP contribution is -2.55. The molecule has 188 valence electrons. The van der Waals surface area contributed by atoms with Gasteiger partial charge in [0.1, 0.15) is 24.2 Å². The number of aromatic nitrogens is 3. The van der Waals surface area contributed by atoms with E-state index in [2.05, 4.69) is 34.5 Å². The fraction of sp³-hybridized carbons (Fsp3) is 0.682. The number of rotatable bonds is 7. The van der Waals surface area contributed by atoms with E-state index in [4.69, 9.17) is 9.47 Å². The third-order valence-corrected chi connectivity index (χ3v) is 7.42. The van der Waals surface area contributed by atoms with Gasteiger partial charge in [-0.05, 0) is 33.7 Å². The molecule has 0 saturated carbocycles. The van der Waals surface area contributed by atoms with Crippen LogP contribution in [0.2, 0.25) is 25.7 Å². The van der Waals surface area contributed by atoms with Gasteiger partial charge in [-0.25, -0.2) is 14.8 Å². The molecule has 3 rings (SSSR count). The van der Waals surface area contributed by atoms with Crippen LogP contribution in [0.25, 0.3) is 11.0 Å². The van der Waals surface area contributed by atoms with Gasteiger partial charge in [0.2, 0.25) is 0 Å². The molecule has 12 heteroatoms. The maximum absolute atomic E-state index is 12.6. The first-order valence-electron chi connectivity index (χ1n) is 11.8. The summed E-state index contributed by atoms with van der Waals surface area (Å²) in [6.45, 7) is 16.9. The van der Waals surface area contributed by atoms with Gasteiger partial charge in [-0.3, -0.25) is 0 Å². The third-order valence-electron chi connectivity index (χ3n) is 5.71. The Morgan fingerprint density at radius 2 is 1.94 bits per heavy atom. The van der Waals surface area contributed by atoms with Crippen molar-refractivity contribution in [2.75, 3.05) is 31.1 Å². The van der Waals surface area contributed by atoms with Gasteiger partial charge in [0.15, 0.2) is 5.82 Å². The van der Waals surface area contributed by atoms with E-state index in [0.29, 0.717) is 48.6 Å².